The molecule has 0 amide bonds. The van der Waals surface area contributed by atoms with E-state index in [2.05, 4.69) is 4.99 Å². The standard InChI is InChI=1S/C29H32N2O6S/c1-7-35-21-14-12-19(13-15-21)25-24(28(33)36-8-2)18(5)30-29-31(25)27(32)23(38-29)16-20-10-9-11-22(34-6)26(20)37-17(3)4/h9-17,25H,7-8H2,1-6H3/b23-16-/t25-/m0/s1. The maximum Gasteiger partial charge on any atom is 0.338 e. The van der Waals surface area contributed by atoms with Crippen molar-refractivity contribution < 1.29 is 23.7 Å². The number of carbonyl (C=O) groups is 1. The highest BCUT2D eigenvalue weighted by Crippen LogP contribution is 2.33. The fourth-order valence-electron chi connectivity index (χ4n) is 4.33. The van der Waals surface area contributed by atoms with E-state index in [4.69, 9.17) is 18.9 Å². The van der Waals surface area contributed by atoms with E-state index in [1.807, 2.05) is 63.2 Å². The lowest BCUT2D eigenvalue weighted by molar-refractivity contribution is -0.139. The minimum absolute atomic E-state index is 0.0888. The number of fused-ring (bicyclic) bond motifs is 1. The van der Waals surface area contributed by atoms with Gasteiger partial charge in [0.1, 0.15) is 5.75 Å². The second kappa shape index (κ2) is 11.7. The van der Waals surface area contributed by atoms with Gasteiger partial charge in [-0.2, -0.15) is 0 Å². The fraction of sp³-hybridized carbons (Fsp3) is 0.345. The smallest absolute Gasteiger partial charge is 0.338 e. The van der Waals surface area contributed by atoms with Crippen molar-refractivity contribution in [2.75, 3.05) is 20.3 Å². The molecule has 9 heteroatoms. The molecule has 0 saturated carbocycles. The molecule has 0 N–H and O–H groups in total. The lowest BCUT2D eigenvalue weighted by Crippen LogP contribution is -2.39. The van der Waals surface area contributed by atoms with Crippen molar-refractivity contribution in [1.29, 1.82) is 0 Å². The molecule has 1 aliphatic rings. The van der Waals surface area contributed by atoms with Gasteiger partial charge in [-0.1, -0.05) is 35.6 Å². The Hall–Kier alpha value is -3.85. The van der Waals surface area contributed by atoms with Gasteiger partial charge in [0.25, 0.3) is 5.56 Å². The fourth-order valence-corrected chi connectivity index (χ4v) is 5.37. The Morgan fingerprint density at radius 3 is 2.50 bits per heavy atom. The van der Waals surface area contributed by atoms with Crippen molar-refractivity contribution in [3.8, 4) is 17.2 Å². The molecule has 0 bridgehead atoms. The normalized spacial score (nSPS) is 15.2. The number of esters is 1. The Kier molecular flexibility index (Phi) is 8.36. The summed E-state index contributed by atoms with van der Waals surface area (Å²) in [4.78, 5) is 32.1. The number of hydrogen-bond donors (Lipinski definition) is 0. The second-order valence-corrected chi connectivity index (χ2v) is 9.86. The molecule has 2 heterocycles. The first-order chi connectivity index (χ1) is 18.3. The van der Waals surface area contributed by atoms with Gasteiger partial charge in [-0.25, -0.2) is 9.79 Å². The van der Waals surface area contributed by atoms with Crippen molar-refractivity contribution in [1.82, 2.24) is 4.57 Å². The Balaban J connectivity index is 1.93. The van der Waals surface area contributed by atoms with Crippen LogP contribution >= 0.6 is 11.3 Å². The number of aromatic nitrogens is 1. The van der Waals surface area contributed by atoms with Crippen LogP contribution in [0, 0.1) is 0 Å². The van der Waals surface area contributed by atoms with Crippen LogP contribution in [0.3, 0.4) is 0 Å². The molecule has 0 aliphatic carbocycles. The minimum atomic E-state index is -0.695. The molecular weight excluding hydrogens is 504 g/mol. The van der Waals surface area contributed by atoms with E-state index < -0.39 is 12.0 Å². The Bertz CT molecular complexity index is 1530. The van der Waals surface area contributed by atoms with Crippen LogP contribution in [0.2, 0.25) is 0 Å². The molecule has 1 aromatic heterocycles. The van der Waals surface area contributed by atoms with Gasteiger partial charge >= 0.3 is 5.97 Å². The average molecular weight is 537 g/mol. The molecule has 2 aromatic carbocycles. The molecule has 0 unspecified atom stereocenters. The van der Waals surface area contributed by atoms with Gasteiger partial charge in [-0.15, -0.1) is 0 Å². The topological polar surface area (TPSA) is 88.4 Å². The highest BCUT2D eigenvalue weighted by Gasteiger charge is 2.33. The Morgan fingerprint density at radius 1 is 1.13 bits per heavy atom. The van der Waals surface area contributed by atoms with Crippen molar-refractivity contribution >= 4 is 23.4 Å². The maximum atomic E-state index is 13.9. The van der Waals surface area contributed by atoms with Crippen molar-refractivity contribution in [2.45, 2.75) is 46.8 Å². The van der Waals surface area contributed by atoms with E-state index in [-0.39, 0.29) is 18.3 Å². The SMILES string of the molecule is CCOC(=O)C1=C(C)N=c2s/c(=C\c3cccc(OC)c3OC(C)C)c(=O)n2[C@H]1c1ccc(OCC)cc1. The van der Waals surface area contributed by atoms with Crippen LogP contribution in [-0.2, 0) is 9.53 Å². The van der Waals surface area contributed by atoms with Crippen molar-refractivity contribution in [2.24, 2.45) is 4.99 Å². The molecule has 4 rings (SSSR count). The maximum absolute atomic E-state index is 13.9. The number of benzene rings is 2. The van der Waals surface area contributed by atoms with Crippen molar-refractivity contribution in [3.05, 3.63) is 84.5 Å². The molecule has 1 atom stereocenters. The summed E-state index contributed by atoms with van der Waals surface area (Å²) in [5, 5.41) is 0. The van der Waals surface area contributed by atoms with Crippen LogP contribution in [0.25, 0.3) is 6.08 Å². The van der Waals surface area contributed by atoms with Crippen LogP contribution in [0.4, 0.5) is 0 Å². The number of rotatable bonds is 9. The summed E-state index contributed by atoms with van der Waals surface area (Å²) in [6.45, 7) is 10.0. The molecule has 38 heavy (non-hydrogen) atoms. The van der Waals surface area contributed by atoms with Crippen LogP contribution in [0.15, 0.2) is 63.5 Å². The van der Waals surface area contributed by atoms with E-state index in [0.717, 1.165) is 5.56 Å². The van der Waals surface area contributed by atoms with Crippen LogP contribution in [0.1, 0.15) is 51.8 Å². The number of carbonyl (C=O) groups excluding carboxylic acids is 1. The summed E-state index contributed by atoms with van der Waals surface area (Å²) in [6, 6.07) is 12.2. The molecule has 0 spiro atoms. The zero-order valence-corrected chi connectivity index (χ0v) is 23.3. The molecular formula is C29H32N2O6S. The third kappa shape index (κ3) is 5.38. The number of para-hydroxylation sites is 1. The highest BCUT2D eigenvalue weighted by molar-refractivity contribution is 7.07. The molecule has 1 aliphatic heterocycles. The van der Waals surface area contributed by atoms with E-state index in [0.29, 0.717) is 50.0 Å². The first-order valence-electron chi connectivity index (χ1n) is 12.5. The lowest BCUT2D eigenvalue weighted by Gasteiger charge is -2.24. The van der Waals surface area contributed by atoms with Gasteiger partial charge in [0.2, 0.25) is 0 Å². The summed E-state index contributed by atoms with van der Waals surface area (Å²) in [5.41, 5.74) is 2.05. The highest BCUT2D eigenvalue weighted by atomic mass is 32.1. The van der Waals surface area contributed by atoms with E-state index >= 15 is 0 Å². The summed E-state index contributed by atoms with van der Waals surface area (Å²) < 4.78 is 24.5. The van der Waals surface area contributed by atoms with Crippen LogP contribution in [0.5, 0.6) is 17.2 Å². The third-order valence-electron chi connectivity index (χ3n) is 5.89. The molecule has 8 nitrogen and oxygen atoms in total. The molecule has 3 aromatic rings. The van der Waals surface area contributed by atoms with E-state index in [1.165, 1.54) is 11.3 Å². The second-order valence-electron chi connectivity index (χ2n) is 8.85. The van der Waals surface area contributed by atoms with Gasteiger partial charge in [0, 0.05) is 5.56 Å². The first kappa shape index (κ1) is 27.2. The number of methoxy groups -OCH3 is 1. The van der Waals surface area contributed by atoms with E-state index in [9.17, 15) is 9.59 Å². The van der Waals surface area contributed by atoms with Gasteiger partial charge in [0.15, 0.2) is 16.3 Å². The molecule has 0 radical (unpaired) electrons. The molecule has 200 valence electrons. The van der Waals surface area contributed by atoms with Crippen LogP contribution in [-0.4, -0.2) is 37.0 Å². The predicted molar refractivity (Wildman–Crippen MR) is 147 cm³/mol. The van der Waals surface area contributed by atoms with Gasteiger partial charge in [-0.05, 0) is 64.5 Å². The number of ether oxygens (including phenoxy) is 4. The number of hydrogen-bond acceptors (Lipinski definition) is 8. The quantitative estimate of drug-likeness (QED) is 0.384. The minimum Gasteiger partial charge on any atom is -0.494 e. The lowest BCUT2D eigenvalue weighted by atomic mass is 9.96. The Morgan fingerprint density at radius 2 is 1.87 bits per heavy atom. The summed E-state index contributed by atoms with van der Waals surface area (Å²) in [7, 11) is 1.58. The molecule has 0 saturated heterocycles. The first-order valence-corrected chi connectivity index (χ1v) is 13.4. The zero-order chi connectivity index (χ0) is 27.4. The largest absolute Gasteiger partial charge is 0.494 e. The van der Waals surface area contributed by atoms with Crippen molar-refractivity contribution in [3.63, 3.8) is 0 Å². The summed E-state index contributed by atoms with van der Waals surface area (Å²) in [5.74, 6) is 1.34. The van der Waals surface area contributed by atoms with Gasteiger partial charge in [0.05, 0.1) is 48.3 Å². The van der Waals surface area contributed by atoms with Gasteiger partial charge in [-0.3, -0.25) is 9.36 Å². The van der Waals surface area contributed by atoms with Crippen LogP contribution < -0.4 is 29.1 Å². The number of nitrogens with zero attached hydrogens (tertiary/aromatic N) is 2. The Labute approximate surface area is 225 Å². The zero-order valence-electron chi connectivity index (χ0n) is 22.4. The van der Waals surface area contributed by atoms with Gasteiger partial charge < -0.3 is 18.9 Å². The summed E-state index contributed by atoms with van der Waals surface area (Å²) >= 11 is 1.26. The summed E-state index contributed by atoms with van der Waals surface area (Å²) in [6.07, 6.45) is 1.69. The average Bonchev–Trinajstić information content (AvgIpc) is 3.19. The molecule has 0 fully saturated rings. The number of allylic oxidation sites excluding steroid dienone is 1. The third-order valence-corrected chi connectivity index (χ3v) is 6.88. The van der Waals surface area contributed by atoms with E-state index in [1.54, 1.807) is 31.6 Å². The monoisotopic (exact) mass is 536 g/mol. The predicted octanol–water partition coefficient (Wildman–Crippen LogP) is 3.99. The number of thiazole rings is 1.